The molecule has 0 saturated carbocycles. The van der Waals surface area contributed by atoms with E-state index in [1.165, 1.54) is 0 Å². The van der Waals surface area contributed by atoms with Crippen molar-refractivity contribution in [3.63, 3.8) is 0 Å². The van der Waals surface area contributed by atoms with Gasteiger partial charge in [0.25, 0.3) is 5.91 Å². The lowest BCUT2D eigenvalue weighted by Gasteiger charge is -2.22. The summed E-state index contributed by atoms with van der Waals surface area (Å²) in [5.74, 6) is -0.102. The van der Waals surface area contributed by atoms with Crippen molar-refractivity contribution in [3.05, 3.63) is 65.0 Å². The Morgan fingerprint density at radius 3 is 2.63 bits per heavy atom. The summed E-state index contributed by atoms with van der Waals surface area (Å²) < 4.78 is 0. The molecule has 0 aliphatic carbocycles. The fraction of sp³-hybridized carbons (Fsp3) is 0.333. The summed E-state index contributed by atoms with van der Waals surface area (Å²) in [6.07, 6.45) is 9.43. The molecular formula is C24H28N4O2. The van der Waals surface area contributed by atoms with Gasteiger partial charge in [-0.05, 0) is 42.7 Å². The van der Waals surface area contributed by atoms with Crippen LogP contribution in [-0.2, 0) is 11.3 Å². The van der Waals surface area contributed by atoms with Gasteiger partial charge in [-0.15, -0.1) is 0 Å². The van der Waals surface area contributed by atoms with Gasteiger partial charge in [0.05, 0.1) is 5.69 Å². The maximum atomic E-state index is 13.0. The highest BCUT2D eigenvalue weighted by atomic mass is 16.2. The lowest BCUT2D eigenvalue weighted by atomic mass is 10.0. The summed E-state index contributed by atoms with van der Waals surface area (Å²) in [4.78, 5) is 36.0. The largest absolute Gasteiger partial charge is 0.348 e. The zero-order chi connectivity index (χ0) is 21.3. The van der Waals surface area contributed by atoms with E-state index in [1.54, 1.807) is 30.7 Å². The molecule has 156 valence electrons. The molecule has 1 aliphatic heterocycles. The van der Waals surface area contributed by atoms with E-state index in [1.807, 2.05) is 29.2 Å². The van der Waals surface area contributed by atoms with Crippen molar-refractivity contribution in [1.29, 1.82) is 0 Å². The quantitative estimate of drug-likeness (QED) is 0.718. The summed E-state index contributed by atoms with van der Waals surface area (Å²) >= 11 is 0. The SMILES string of the molecule is CCCN(CCC)C(=O)C1=Cc2ccc(C(=O)NCc3cccnc3)cc2N=CC1. The standard InChI is InChI=1S/C24H28N4O2/c1-3-12-28(13-4-2)24(30)21-9-11-26-22-15-20(8-7-19(22)14-21)23(29)27-17-18-6-5-10-25-16-18/h5-8,10-11,14-16H,3-4,9,12-13,17H2,1-2H3,(H,27,29). The van der Waals surface area contributed by atoms with Gasteiger partial charge in [-0.2, -0.15) is 0 Å². The molecule has 0 radical (unpaired) electrons. The highest BCUT2D eigenvalue weighted by Crippen LogP contribution is 2.27. The summed E-state index contributed by atoms with van der Waals surface area (Å²) in [6, 6.07) is 9.15. The van der Waals surface area contributed by atoms with Crippen LogP contribution in [0.5, 0.6) is 0 Å². The maximum Gasteiger partial charge on any atom is 0.251 e. The van der Waals surface area contributed by atoms with Crippen molar-refractivity contribution in [3.8, 4) is 0 Å². The molecule has 1 N–H and O–H groups in total. The van der Waals surface area contributed by atoms with Gasteiger partial charge in [-0.3, -0.25) is 19.6 Å². The van der Waals surface area contributed by atoms with E-state index in [0.717, 1.165) is 42.6 Å². The number of amides is 2. The van der Waals surface area contributed by atoms with Crippen LogP contribution >= 0.6 is 0 Å². The molecule has 6 nitrogen and oxygen atoms in total. The molecule has 3 rings (SSSR count). The van der Waals surface area contributed by atoms with Crippen LogP contribution in [0.1, 0.15) is 54.6 Å². The number of hydrogen-bond donors (Lipinski definition) is 1. The third-order valence-electron chi connectivity index (χ3n) is 4.89. The van der Waals surface area contributed by atoms with Crippen molar-refractivity contribution >= 4 is 29.8 Å². The second-order valence-electron chi connectivity index (χ2n) is 7.30. The Bertz CT molecular complexity index is 945. The van der Waals surface area contributed by atoms with Crippen molar-refractivity contribution in [2.24, 2.45) is 4.99 Å². The summed E-state index contributed by atoms with van der Waals surface area (Å²) in [7, 11) is 0. The van der Waals surface area contributed by atoms with Crippen molar-refractivity contribution in [2.45, 2.75) is 39.7 Å². The number of carbonyl (C=O) groups is 2. The highest BCUT2D eigenvalue weighted by Gasteiger charge is 2.19. The topological polar surface area (TPSA) is 74.7 Å². The van der Waals surface area contributed by atoms with Gasteiger partial charge >= 0.3 is 0 Å². The molecule has 2 heterocycles. The molecular weight excluding hydrogens is 376 g/mol. The van der Waals surface area contributed by atoms with Crippen LogP contribution in [0, 0.1) is 0 Å². The number of rotatable bonds is 8. The molecule has 1 aromatic heterocycles. The number of nitrogens with one attached hydrogen (secondary N) is 1. The monoisotopic (exact) mass is 404 g/mol. The van der Waals surface area contributed by atoms with E-state index >= 15 is 0 Å². The van der Waals surface area contributed by atoms with E-state index in [4.69, 9.17) is 0 Å². The third kappa shape index (κ3) is 5.41. The normalized spacial score (nSPS) is 12.5. The molecule has 1 aromatic carbocycles. The molecule has 2 aromatic rings. The average molecular weight is 405 g/mol. The van der Waals surface area contributed by atoms with Gasteiger partial charge in [-0.1, -0.05) is 26.0 Å². The van der Waals surface area contributed by atoms with Crippen molar-refractivity contribution < 1.29 is 9.59 Å². The molecule has 30 heavy (non-hydrogen) atoms. The molecule has 0 saturated heterocycles. The number of pyridine rings is 1. The van der Waals surface area contributed by atoms with Gasteiger partial charge < -0.3 is 10.2 Å². The number of nitrogens with zero attached hydrogens (tertiary/aromatic N) is 3. The predicted octanol–water partition coefficient (Wildman–Crippen LogP) is 4.15. The van der Waals surface area contributed by atoms with Gasteiger partial charge in [0.2, 0.25) is 5.91 Å². The van der Waals surface area contributed by atoms with E-state index in [9.17, 15) is 9.59 Å². The summed E-state index contributed by atoms with van der Waals surface area (Å²) in [5.41, 5.74) is 3.76. The molecule has 1 aliphatic rings. The Labute approximate surface area is 177 Å². The van der Waals surface area contributed by atoms with E-state index in [2.05, 4.69) is 29.1 Å². The number of aromatic nitrogens is 1. The Hall–Kier alpha value is -3.28. The van der Waals surface area contributed by atoms with E-state index in [0.29, 0.717) is 24.2 Å². The summed E-state index contributed by atoms with van der Waals surface area (Å²) in [5, 5.41) is 2.90. The lowest BCUT2D eigenvalue weighted by molar-refractivity contribution is -0.127. The molecule has 2 amide bonds. The molecule has 0 spiro atoms. The second kappa shape index (κ2) is 10.5. The lowest BCUT2D eigenvalue weighted by Crippen LogP contribution is -2.33. The Morgan fingerprint density at radius 2 is 1.93 bits per heavy atom. The predicted molar refractivity (Wildman–Crippen MR) is 120 cm³/mol. The molecule has 0 fully saturated rings. The number of benzene rings is 1. The van der Waals surface area contributed by atoms with Crippen LogP contribution in [0.4, 0.5) is 5.69 Å². The average Bonchev–Trinajstić information content (AvgIpc) is 2.99. The van der Waals surface area contributed by atoms with Crippen LogP contribution in [0.2, 0.25) is 0 Å². The highest BCUT2D eigenvalue weighted by molar-refractivity contribution is 6.03. The minimum Gasteiger partial charge on any atom is -0.348 e. The van der Waals surface area contributed by atoms with Crippen LogP contribution < -0.4 is 5.32 Å². The Kier molecular flexibility index (Phi) is 7.49. The number of aliphatic imine (C=N–C) groups is 1. The fourth-order valence-corrected chi connectivity index (χ4v) is 3.40. The van der Waals surface area contributed by atoms with Gasteiger partial charge in [0.1, 0.15) is 0 Å². The first-order valence-corrected chi connectivity index (χ1v) is 10.5. The molecule has 0 atom stereocenters. The Morgan fingerprint density at radius 1 is 1.13 bits per heavy atom. The van der Waals surface area contributed by atoms with Crippen LogP contribution in [0.25, 0.3) is 6.08 Å². The Balaban J connectivity index is 1.75. The fourth-order valence-electron chi connectivity index (χ4n) is 3.40. The number of fused-ring (bicyclic) bond motifs is 1. The third-order valence-corrected chi connectivity index (χ3v) is 4.89. The number of hydrogen-bond acceptors (Lipinski definition) is 4. The van der Waals surface area contributed by atoms with Crippen LogP contribution in [0.15, 0.2) is 53.3 Å². The van der Waals surface area contributed by atoms with Crippen molar-refractivity contribution in [2.75, 3.05) is 13.1 Å². The van der Waals surface area contributed by atoms with Gasteiger partial charge in [0.15, 0.2) is 0 Å². The molecule has 0 bridgehead atoms. The van der Waals surface area contributed by atoms with Gasteiger partial charge in [0, 0.05) is 61.4 Å². The van der Waals surface area contributed by atoms with Gasteiger partial charge in [-0.25, -0.2) is 0 Å². The first kappa shape index (κ1) is 21.4. The van der Waals surface area contributed by atoms with Crippen LogP contribution in [-0.4, -0.2) is 41.0 Å². The maximum absolute atomic E-state index is 13.0. The minimum atomic E-state index is -0.168. The zero-order valence-corrected chi connectivity index (χ0v) is 17.6. The molecule has 0 unspecified atom stereocenters. The zero-order valence-electron chi connectivity index (χ0n) is 17.6. The minimum absolute atomic E-state index is 0.0660. The first-order valence-electron chi connectivity index (χ1n) is 10.5. The second-order valence-corrected chi connectivity index (χ2v) is 7.30. The smallest absolute Gasteiger partial charge is 0.251 e. The first-order chi connectivity index (χ1) is 14.6. The van der Waals surface area contributed by atoms with E-state index in [-0.39, 0.29) is 11.8 Å². The molecule has 6 heteroatoms. The van der Waals surface area contributed by atoms with Crippen LogP contribution in [0.3, 0.4) is 0 Å². The number of carbonyl (C=O) groups excluding carboxylic acids is 2. The summed E-state index contributed by atoms with van der Waals surface area (Å²) in [6.45, 7) is 6.08. The van der Waals surface area contributed by atoms with E-state index < -0.39 is 0 Å². The van der Waals surface area contributed by atoms with Crippen molar-refractivity contribution in [1.82, 2.24) is 15.2 Å².